The largest absolute Gasteiger partial charge is 0.352 e. The van der Waals surface area contributed by atoms with Crippen LogP contribution >= 0.6 is 35.6 Å². The van der Waals surface area contributed by atoms with Crippen LogP contribution in [0.2, 0.25) is 5.02 Å². The van der Waals surface area contributed by atoms with Gasteiger partial charge in [-0.2, -0.15) is 0 Å². The Hall–Kier alpha value is -1.80. The Bertz CT molecular complexity index is 793. The van der Waals surface area contributed by atoms with Crippen molar-refractivity contribution in [2.24, 2.45) is 4.99 Å². The fourth-order valence-corrected chi connectivity index (χ4v) is 3.17. The molecule has 2 aromatic rings. The molecule has 1 aliphatic heterocycles. The summed E-state index contributed by atoms with van der Waals surface area (Å²) in [5, 5.41) is 7.34. The molecule has 1 amide bonds. The van der Waals surface area contributed by atoms with Crippen LogP contribution in [0.5, 0.6) is 0 Å². The maximum absolute atomic E-state index is 11.7. The molecule has 0 unspecified atom stereocenters. The molecule has 150 valence electrons. The zero-order valence-electron chi connectivity index (χ0n) is 16.0. The first-order chi connectivity index (χ1) is 13.1. The lowest BCUT2D eigenvalue weighted by atomic mass is 10.1. The van der Waals surface area contributed by atoms with Crippen LogP contribution in [0.4, 0.5) is 0 Å². The maximum atomic E-state index is 11.7. The number of carbonyl (C=O) groups excluding carboxylic acids is 1. The number of rotatable bonds is 6. The van der Waals surface area contributed by atoms with E-state index in [9.17, 15) is 4.79 Å². The van der Waals surface area contributed by atoms with Crippen molar-refractivity contribution in [3.05, 3.63) is 70.2 Å². The Morgan fingerprint density at radius 1 is 1.00 bits per heavy atom. The molecule has 0 atom stereocenters. The highest BCUT2D eigenvalue weighted by atomic mass is 127. The maximum Gasteiger partial charge on any atom is 0.222 e. The summed E-state index contributed by atoms with van der Waals surface area (Å²) in [6.45, 7) is 2.94. The van der Waals surface area contributed by atoms with Gasteiger partial charge in [-0.15, -0.1) is 24.0 Å². The van der Waals surface area contributed by atoms with Gasteiger partial charge in [0.1, 0.15) is 0 Å². The molecule has 0 spiro atoms. The lowest BCUT2D eigenvalue weighted by Gasteiger charge is -2.16. The lowest BCUT2D eigenvalue weighted by Crippen LogP contribution is -2.36. The average Bonchev–Trinajstić information content (AvgIpc) is 3.09. The smallest absolute Gasteiger partial charge is 0.222 e. The third kappa shape index (κ3) is 6.67. The number of aliphatic imine (C=N–C) groups is 1. The summed E-state index contributed by atoms with van der Waals surface area (Å²) >= 11 is 5.91. The normalized spacial score (nSPS) is 14.0. The van der Waals surface area contributed by atoms with Crippen molar-refractivity contribution in [2.45, 2.75) is 32.5 Å². The number of nitrogens with zero attached hydrogens (tertiary/aromatic N) is 2. The number of carbonyl (C=O) groups is 1. The Morgan fingerprint density at radius 2 is 1.54 bits per heavy atom. The highest BCUT2D eigenvalue weighted by Crippen LogP contribution is 2.14. The van der Waals surface area contributed by atoms with Gasteiger partial charge < -0.3 is 15.5 Å². The Labute approximate surface area is 188 Å². The summed E-state index contributed by atoms with van der Waals surface area (Å²) in [7, 11) is 1.76. The SMILES string of the molecule is CN=C(NCc1ccc(Cl)cc1)NCc1ccc(CN2CCCC2=O)cc1.I. The number of benzene rings is 2. The first kappa shape index (κ1) is 22.5. The number of halogens is 2. The first-order valence-corrected chi connectivity index (χ1v) is 9.56. The molecule has 28 heavy (non-hydrogen) atoms. The van der Waals surface area contributed by atoms with Gasteiger partial charge in [0.05, 0.1) is 0 Å². The summed E-state index contributed by atoms with van der Waals surface area (Å²) in [5.41, 5.74) is 3.48. The monoisotopic (exact) mass is 512 g/mol. The Morgan fingerprint density at radius 3 is 2.04 bits per heavy atom. The standard InChI is InChI=1S/C21H25ClN4O.HI/c1-23-21(25-14-17-8-10-19(22)11-9-17)24-13-16-4-6-18(7-5-16)15-26-12-2-3-20(26)27;/h4-11H,2-3,12-15H2,1H3,(H2,23,24,25);1H. The molecule has 0 aliphatic carbocycles. The van der Waals surface area contributed by atoms with Gasteiger partial charge in [0.2, 0.25) is 5.91 Å². The van der Waals surface area contributed by atoms with Crippen molar-refractivity contribution in [3.8, 4) is 0 Å². The van der Waals surface area contributed by atoms with Gasteiger partial charge in [-0.3, -0.25) is 9.79 Å². The third-order valence-corrected chi connectivity index (χ3v) is 4.88. The summed E-state index contributed by atoms with van der Waals surface area (Å²) < 4.78 is 0. The van der Waals surface area contributed by atoms with E-state index in [2.05, 4.69) is 39.9 Å². The molecule has 0 saturated carbocycles. The van der Waals surface area contributed by atoms with Crippen LogP contribution in [0.15, 0.2) is 53.5 Å². The van der Waals surface area contributed by atoms with E-state index in [0.29, 0.717) is 26.1 Å². The topological polar surface area (TPSA) is 56.7 Å². The van der Waals surface area contributed by atoms with Gasteiger partial charge in [0, 0.05) is 44.7 Å². The van der Waals surface area contributed by atoms with Crippen LogP contribution in [0.25, 0.3) is 0 Å². The van der Waals surface area contributed by atoms with E-state index in [1.807, 2.05) is 29.2 Å². The van der Waals surface area contributed by atoms with Gasteiger partial charge in [-0.25, -0.2) is 0 Å². The molecular weight excluding hydrogens is 487 g/mol. The van der Waals surface area contributed by atoms with Crippen LogP contribution in [-0.2, 0) is 24.4 Å². The molecule has 7 heteroatoms. The summed E-state index contributed by atoms with van der Waals surface area (Å²) in [6.07, 6.45) is 1.66. The van der Waals surface area contributed by atoms with Gasteiger partial charge in [0.25, 0.3) is 0 Å². The molecule has 0 radical (unpaired) electrons. The highest BCUT2D eigenvalue weighted by Gasteiger charge is 2.19. The third-order valence-electron chi connectivity index (χ3n) is 4.62. The quantitative estimate of drug-likeness (QED) is 0.350. The van der Waals surface area contributed by atoms with Crippen molar-refractivity contribution in [2.75, 3.05) is 13.6 Å². The van der Waals surface area contributed by atoms with E-state index in [1.165, 1.54) is 11.1 Å². The second-order valence-corrected chi connectivity index (χ2v) is 7.08. The number of amides is 1. The second kappa shape index (κ2) is 11.3. The number of likely N-dealkylation sites (tertiary alicyclic amines) is 1. The molecule has 1 fully saturated rings. The second-order valence-electron chi connectivity index (χ2n) is 6.64. The van der Waals surface area contributed by atoms with Gasteiger partial charge in [-0.05, 0) is 35.2 Å². The number of guanidine groups is 1. The summed E-state index contributed by atoms with van der Waals surface area (Å²) in [6, 6.07) is 16.1. The lowest BCUT2D eigenvalue weighted by molar-refractivity contribution is -0.128. The minimum absolute atomic E-state index is 0. The number of hydrogen-bond acceptors (Lipinski definition) is 2. The molecule has 1 saturated heterocycles. The van der Waals surface area contributed by atoms with E-state index in [-0.39, 0.29) is 29.9 Å². The first-order valence-electron chi connectivity index (χ1n) is 9.18. The van der Waals surface area contributed by atoms with Gasteiger partial charge in [0.15, 0.2) is 5.96 Å². The van der Waals surface area contributed by atoms with E-state index in [4.69, 9.17) is 11.6 Å². The fraction of sp³-hybridized carbons (Fsp3) is 0.333. The van der Waals surface area contributed by atoms with Crippen LogP contribution in [0.3, 0.4) is 0 Å². The predicted molar refractivity (Wildman–Crippen MR) is 125 cm³/mol. The molecule has 1 heterocycles. The average molecular weight is 513 g/mol. The molecule has 3 rings (SSSR count). The van der Waals surface area contributed by atoms with Crippen LogP contribution in [0, 0.1) is 0 Å². The molecule has 2 aromatic carbocycles. The van der Waals surface area contributed by atoms with Crippen molar-refractivity contribution < 1.29 is 4.79 Å². The van der Waals surface area contributed by atoms with Crippen molar-refractivity contribution in [3.63, 3.8) is 0 Å². The highest BCUT2D eigenvalue weighted by molar-refractivity contribution is 14.0. The van der Waals surface area contributed by atoms with E-state index in [0.717, 1.165) is 29.5 Å². The number of nitrogens with one attached hydrogen (secondary N) is 2. The Balaban J connectivity index is 0.00000280. The molecule has 5 nitrogen and oxygen atoms in total. The van der Waals surface area contributed by atoms with Crippen molar-refractivity contribution in [1.29, 1.82) is 0 Å². The molecular formula is C21H26ClIN4O. The van der Waals surface area contributed by atoms with Crippen molar-refractivity contribution in [1.82, 2.24) is 15.5 Å². The molecule has 0 aromatic heterocycles. The van der Waals surface area contributed by atoms with Crippen molar-refractivity contribution >= 4 is 47.4 Å². The zero-order valence-corrected chi connectivity index (χ0v) is 19.0. The summed E-state index contributed by atoms with van der Waals surface area (Å²) in [5.74, 6) is 1.01. The molecule has 2 N–H and O–H groups in total. The number of hydrogen-bond donors (Lipinski definition) is 2. The molecule has 1 aliphatic rings. The fourth-order valence-electron chi connectivity index (χ4n) is 3.05. The van der Waals surface area contributed by atoms with Crippen LogP contribution in [-0.4, -0.2) is 30.4 Å². The van der Waals surface area contributed by atoms with Gasteiger partial charge in [-0.1, -0.05) is 48.0 Å². The van der Waals surface area contributed by atoms with E-state index >= 15 is 0 Å². The predicted octanol–water partition coefficient (Wildman–Crippen LogP) is 3.95. The Kier molecular flexibility index (Phi) is 9.05. The van der Waals surface area contributed by atoms with Crippen LogP contribution in [0.1, 0.15) is 29.5 Å². The summed E-state index contributed by atoms with van der Waals surface area (Å²) in [4.78, 5) is 17.9. The molecule has 0 bridgehead atoms. The van der Waals surface area contributed by atoms with Crippen LogP contribution < -0.4 is 10.6 Å². The zero-order chi connectivity index (χ0) is 19.1. The van der Waals surface area contributed by atoms with E-state index in [1.54, 1.807) is 7.05 Å². The minimum atomic E-state index is 0. The van der Waals surface area contributed by atoms with E-state index < -0.39 is 0 Å². The minimum Gasteiger partial charge on any atom is -0.352 e. The van der Waals surface area contributed by atoms with Gasteiger partial charge >= 0.3 is 0 Å².